The van der Waals surface area contributed by atoms with Gasteiger partial charge in [-0.1, -0.05) is 24.3 Å². The van der Waals surface area contributed by atoms with Crippen molar-refractivity contribution in [2.75, 3.05) is 0 Å². The number of tetrazole rings is 1. The number of hydrogen-bond acceptors (Lipinski definition) is 5. The molecule has 0 bridgehead atoms. The summed E-state index contributed by atoms with van der Waals surface area (Å²) in [5.41, 5.74) is 3.34. The van der Waals surface area contributed by atoms with Crippen LogP contribution in [0.4, 0.5) is 0 Å². The van der Waals surface area contributed by atoms with Gasteiger partial charge in [0.2, 0.25) is 5.82 Å². The van der Waals surface area contributed by atoms with Crippen LogP contribution in [0, 0.1) is 0 Å². The van der Waals surface area contributed by atoms with Gasteiger partial charge in [0.05, 0.1) is 23.6 Å². The molecule has 0 aliphatic rings. The third-order valence-electron chi connectivity index (χ3n) is 4.58. The maximum atomic E-state index is 12.5. The number of aromatic nitrogens is 6. The fraction of sp³-hybridized carbons (Fsp3) is 0.250. The number of nitrogens with zero attached hydrogens (tertiary/aromatic N) is 6. The predicted octanol–water partition coefficient (Wildman–Crippen LogP) is 2.74. The van der Waals surface area contributed by atoms with Crippen molar-refractivity contribution >= 4 is 16.9 Å². The van der Waals surface area contributed by atoms with E-state index in [9.17, 15) is 4.79 Å². The lowest BCUT2D eigenvalue weighted by molar-refractivity contribution is 0.0949. The fourth-order valence-corrected chi connectivity index (χ4v) is 2.95. The van der Waals surface area contributed by atoms with Crippen LogP contribution >= 0.6 is 0 Å². The van der Waals surface area contributed by atoms with Crippen LogP contribution in [0.3, 0.4) is 0 Å². The number of imidazole rings is 1. The monoisotopic (exact) mass is 375 g/mol. The van der Waals surface area contributed by atoms with E-state index in [0.29, 0.717) is 17.9 Å². The largest absolute Gasteiger partial charge is 0.345 e. The highest BCUT2D eigenvalue weighted by molar-refractivity contribution is 5.94. The number of aryl methyl sites for hydroxylation is 1. The first-order valence-corrected chi connectivity index (χ1v) is 9.11. The summed E-state index contributed by atoms with van der Waals surface area (Å²) in [6.07, 6.45) is 0. The van der Waals surface area contributed by atoms with E-state index in [2.05, 4.69) is 25.7 Å². The standard InChI is InChI=1S/C20H21N7O/c1-13(2)27-24-19(23-25-27)14-8-10-15(11-9-14)20(28)21-12-18-22-16-6-4-5-7-17(16)26(18)3/h4-11,13H,12H2,1-3H3,(H,21,28). The second kappa shape index (κ2) is 7.22. The molecule has 2 aromatic carbocycles. The molecule has 1 amide bonds. The van der Waals surface area contributed by atoms with Gasteiger partial charge in [-0.15, -0.1) is 10.2 Å². The van der Waals surface area contributed by atoms with Gasteiger partial charge in [-0.3, -0.25) is 4.79 Å². The molecule has 0 unspecified atom stereocenters. The van der Waals surface area contributed by atoms with Crippen LogP contribution in [-0.2, 0) is 13.6 Å². The number of benzene rings is 2. The van der Waals surface area contributed by atoms with Crippen LogP contribution < -0.4 is 5.32 Å². The van der Waals surface area contributed by atoms with E-state index < -0.39 is 0 Å². The van der Waals surface area contributed by atoms with Crippen molar-refractivity contribution in [3.05, 3.63) is 59.9 Å². The molecule has 0 saturated carbocycles. The van der Waals surface area contributed by atoms with Crippen molar-refractivity contribution in [1.82, 2.24) is 35.1 Å². The molecule has 2 heterocycles. The number of carbonyl (C=O) groups is 1. The van der Waals surface area contributed by atoms with Crippen molar-refractivity contribution < 1.29 is 4.79 Å². The van der Waals surface area contributed by atoms with E-state index in [1.807, 2.05) is 61.9 Å². The van der Waals surface area contributed by atoms with Crippen molar-refractivity contribution in [3.8, 4) is 11.4 Å². The molecule has 0 fully saturated rings. The average molecular weight is 375 g/mol. The highest BCUT2D eigenvalue weighted by Gasteiger charge is 2.12. The third-order valence-corrected chi connectivity index (χ3v) is 4.58. The van der Waals surface area contributed by atoms with Crippen LogP contribution in [0.1, 0.15) is 36.1 Å². The fourth-order valence-electron chi connectivity index (χ4n) is 2.95. The summed E-state index contributed by atoms with van der Waals surface area (Å²) in [6.45, 7) is 4.34. The number of hydrogen-bond donors (Lipinski definition) is 1. The quantitative estimate of drug-likeness (QED) is 0.579. The van der Waals surface area contributed by atoms with Crippen molar-refractivity contribution in [2.45, 2.75) is 26.4 Å². The number of carbonyl (C=O) groups excluding carboxylic acids is 1. The minimum Gasteiger partial charge on any atom is -0.345 e. The van der Waals surface area contributed by atoms with Gasteiger partial charge in [-0.05, 0) is 43.3 Å². The van der Waals surface area contributed by atoms with E-state index in [0.717, 1.165) is 22.4 Å². The molecule has 142 valence electrons. The molecule has 8 nitrogen and oxygen atoms in total. The summed E-state index contributed by atoms with van der Waals surface area (Å²) in [7, 11) is 1.95. The minimum absolute atomic E-state index is 0.147. The van der Waals surface area contributed by atoms with Crippen molar-refractivity contribution in [3.63, 3.8) is 0 Å². The molecular formula is C20H21N7O. The summed E-state index contributed by atoms with van der Waals surface area (Å²) in [5, 5.41) is 15.4. The van der Waals surface area contributed by atoms with Gasteiger partial charge in [0.25, 0.3) is 5.91 Å². The zero-order valence-corrected chi connectivity index (χ0v) is 16.0. The average Bonchev–Trinajstić information content (AvgIpc) is 3.32. The molecule has 0 atom stereocenters. The molecule has 1 N–H and O–H groups in total. The molecule has 2 aromatic heterocycles. The minimum atomic E-state index is -0.155. The Morgan fingerprint density at radius 3 is 2.54 bits per heavy atom. The van der Waals surface area contributed by atoms with E-state index in [-0.39, 0.29) is 11.9 Å². The molecule has 0 aliphatic heterocycles. The van der Waals surface area contributed by atoms with E-state index in [4.69, 9.17) is 0 Å². The van der Waals surface area contributed by atoms with E-state index in [1.54, 1.807) is 16.9 Å². The van der Waals surface area contributed by atoms with E-state index in [1.165, 1.54) is 0 Å². The summed E-state index contributed by atoms with van der Waals surface area (Å²) in [4.78, 5) is 18.6. The Morgan fingerprint density at radius 1 is 1.11 bits per heavy atom. The molecule has 28 heavy (non-hydrogen) atoms. The topological polar surface area (TPSA) is 90.5 Å². The molecule has 4 rings (SSSR count). The third kappa shape index (κ3) is 3.36. The van der Waals surface area contributed by atoms with Crippen LogP contribution in [0.5, 0.6) is 0 Å². The zero-order chi connectivity index (χ0) is 19.7. The summed E-state index contributed by atoms with van der Waals surface area (Å²) < 4.78 is 1.99. The molecule has 0 aliphatic carbocycles. The summed E-state index contributed by atoms with van der Waals surface area (Å²) in [5.74, 6) is 1.19. The summed E-state index contributed by atoms with van der Waals surface area (Å²) >= 11 is 0. The normalized spacial score (nSPS) is 11.3. The molecule has 0 radical (unpaired) electrons. The number of fused-ring (bicyclic) bond motifs is 1. The van der Waals surface area contributed by atoms with Gasteiger partial charge in [0.15, 0.2) is 0 Å². The highest BCUT2D eigenvalue weighted by Crippen LogP contribution is 2.16. The second-order valence-electron chi connectivity index (χ2n) is 6.86. The Bertz CT molecular complexity index is 1130. The van der Waals surface area contributed by atoms with E-state index >= 15 is 0 Å². The van der Waals surface area contributed by atoms with Crippen molar-refractivity contribution in [1.29, 1.82) is 0 Å². The van der Waals surface area contributed by atoms with Crippen LogP contribution in [0.15, 0.2) is 48.5 Å². The first kappa shape index (κ1) is 17.8. The Hall–Kier alpha value is -3.55. The van der Waals surface area contributed by atoms with Gasteiger partial charge >= 0.3 is 0 Å². The summed E-state index contributed by atoms with van der Waals surface area (Å²) in [6, 6.07) is 15.2. The highest BCUT2D eigenvalue weighted by atomic mass is 16.1. The second-order valence-corrected chi connectivity index (χ2v) is 6.86. The molecular weight excluding hydrogens is 354 g/mol. The van der Waals surface area contributed by atoms with Gasteiger partial charge in [-0.25, -0.2) is 4.98 Å². The molecule has 0 spiro atoms. The molecule has 4 aromatic rings. The lowest BCUT2D eigenvalue weighted by Gasteiger charge is -2.06. The Kier molecular flexibility index (Phi) is 4.60. The number of rotatable bonds is 5. The number of nitrogens with one attached hydrogen (secondary N) is 1. The SMILES string of the molecule is CC(C)n1nnc(-c2ccc(C(=O)NCc3nc4ccccc4n3C)cc2)n1. The van der Waals surface area contributed by atoms with Gasteiger partial charge in [0.1, 0.15) is 5.82 Å². The first-order valence-electron chi connectivity index (χ1n) is 9.11. The first-order chi connectivity index (χ1) is 13.5. The Balaban J connectivity index is 1.45. The van der Waals surface area contributed by atoms with Crippen LogP contribution in [-0.4, -0.2) is 35.7 Å². The van der Waals surface area contributed by atoms with Crippen LogP contribution in [0.25, 0.3) is 22.4 Å². The zero-order valence-electron chi connectivity index (χ0n) is 16.0. The maximum Gasteiger partial charge on any atom is 0.251 e. The molecule has 0 saturated heterocycles. The predicted molar refractivity (Wildman–Crippen MR) is 106 cm³/mol. The number of amides is 1. The number of para-hydroxylation sites is 2. The Morgan fingerprint density at radius 2 is 1.86 bits per heavy atom. The van der Waals surface area contributed by atoms with Crippen LogP contribution in [0.2, 0.25) is 0 Å². The smallest absolute Gasteiger partial charge is 0.251 e. The Labute approximate surface area is 162 Å². The molecule has 8 heteroatoms. The van der Waals surface area contributed by atoms with Gasteiger partial charge in [-0.2, -0.15) is 4.80 Å². The lowest BCUT2D eigenvalue weighted by atomic mass is 10.1. The van der Waals surface area contributed by atoms with Gasteiger partial charge < -0.3 is 9.88 Å². The van der Waals surface area contributed by atoms with Crippen molar-refractivity contribution in [2.24, 2.45) is 7.05 Å². The maximum absolute atomic E-state index is 12.5. The lowest BCUT2D eigenvalue weighted by Crippen LogP contribution is -2.24. The van der Waals surface area contributed by atoms with Gasteiger partial charge in [0, 0.05) is 18.2 Å².